The molecule has 0 spiro atoms. The van der Waals surface area contributed by atoms with Crippen LogP contribution >= 0.6 is 0 Å². The number of nitrogens with zero attached hydrogens (tertiary/aromatic N) is 4. The second kappa shape index (κ2) is 28.0. The fourth-order valence-corrected chi connectivity index (χ4v) is 15.7. The van der Waals surface area contributed by atoms with Gasteiger partial charge < -0.3 is 29.0 Å². The molecule has 0 saturated carbocycles. The topological polar surface area (TPSA) is 229 Å². The number of benzene rings is 8. The Labute approximate surface area is 617 Å². The molecular formula is C88H58N8O6S2Zn. The monoisotopic (exact) mass is 1450 g/mol. The van der Waals surface area contributed by atoms with Crippen LogP contribution in [0.3, 0.4) is 0 Å². The van der Waals surface area contributed by atoms with E-state index in [2.05, 4.69) is 44.2 Å². The van der Waals surface area contributed by atoms with Crippen molar-refractivity contribution in [1.29, 1.82) is 0 Å². The smallest absolute Gasteiger partial charge is 0.744 e. The Morgan fingerprint density at radius 3 is 0.667 bits per heavy atom. The van der Waals surface area contributed by atoms with E-state index in [1.165, 1.54) is 0 Å². The van der Waals surface area contributed by atoms with Crippen LogP contribution in [-0.4, -0.2) is 65.8 Å². The maximum atomic E-state index is 13.3. The van der Waals surface area contributed by atoms with Crippen LogP contribution in [-0.2, 0) is 39.7 Å². The van der Waals surface area contributed by atoms with Gasteiger partial charge in [0, 0.05) is 66.6 Å². The molecule has 0 radical (unpaired) electrons. The van der Waals surface area contributed by atoms with Crippen LogP contribution in [0.4, 0.5) is 0 Å². The van der Waals surface area contributed by atoms with E-state index in [1.807, 2.05) is 267 Å². The largest absolute Gasteiger partial charge is 2.00 e. The minimum absolute atomic E-state index is 0. The van der Waals surface area contributed by atoms with Crippen LogP contribution in [0.25, 0.3) is 182 Å². The molecule has 16 bridgehead atoms. The first-order valence-corrected chi connectivity index (χ1v) is 36.4. The van der Waals surface area contributed by atoms with Gasteiger partial charge in [0.1, 0.15) is 30.0 Å². The van der Waals surface area contributed by atoms with Crippen LogP contribution in [0.15, 0.2) is 289 Å². The van der Waals surface area contributed by atoms with Crippen LogP contribution in [0.5, 0.6) is 0 Å². The molecule has 6 aromatic heterocycles. The quantitative estimate of drug-likeness (QED) is 0.0747. The second-order valence-corrected chi connectivity index (χ2v) is 27.8. The zero-order chi connectivity index (χ0) is 70.5. The molecule has 17 heteroatoms. The SMILES string of the molecule is O=S(=O)([O-])c1c2nc(c(-c3ccccc3)c3ccc([nH]3)c(-c3ccccc3)c3nc(c(-c4ccccc4)c4[nH]c1cc4-c1ccccc1)C=C3)C=C2.O=S(=O)([O-])c1c2nc(c(-c3ccccc3)c3ccc([nH]3)c(-c3ccccc3)c3nc(c(-c4ccccc4)c4[nH]c1cc4-c1ccccc1)C=C3)C=C2.[Zn+2]. The Morgan fingerprint density at radius 2 is 0.429 bits per heavy atom. The number of fused-ring (bicyclic) bond motifs is 16. The summed E-state index contributed by atoms with van der Waals surface area (Å²) in [5.74, 6) is 0. The van der Waals surface area contributed by atoms with Gasteiger partial charge in [-0.2, -0.15) is 0 Å². The number of hydrogen-bond donors (Lipinski definition) is 4. The first-order chi connectivity index (χ1) is 50.8. The number of hydrogen-bond acceptors (Lipinski definition) is 10. The molecule has 105 heavy (non-hydrogen) atoms. The Morgan fingerprint density at radius 1 is 0.229 bits per heavy atom. The van der Waals surface area contributed by atoms with Gasteiger partial charge in [0.2, 0.25) is 0 Å². The molecule has 0 amide bonds. The van der Waals surface area contributed by atoms with Gasteiger partial charge in [-0.15, -0.1) is 0 Å². The molecule has 0 aliphatic carbocycles. The molecule has 14 nitrogen and oxygen atoms in total. The van der Waals surface area contributed by atoms with Crippen LogP contribution in [0.2, 0.25) is 0 Å². The molecule has 0 atom stereocenters. The average molecular weight is 1450 g/mol. The molecule has 4 aliphatic rings. The number of nitrogens with one attached hydrogen (secondary N) is 4. The molecule has 500 valence electrons. The summed E-state index contributed by atoms with van der Waals surface area (Å²) in [5.41, 5.74) is 22.2. The molecule has 4 aliphatic heterocycles. The van der Waals surface area contributed by atoms with Crippen molar-refractivity contribution in [3.63, 3.8) is 0 Å². The van der Waals surface area contributed by atoms with Gasteiger partial charge >= 0.3 is 19.5 Å². The standard InChI is InChI=1S/2C44H30N4O3S.Zn/c2*49-52(50,51)44-38-26-25-36(47-38)41(30-17-9-3-10-18-30)34-22-21-33(45-34)40(29-15-7-2-8-16-29)35-23-24-37(46-35)42(31-19-11-4-12-20-31)43-32(27-39(44)48-43)28-13-5-1-6-14-28;/h2*1-27,45,48H,(H,49,50,51);/q;;+2/p-2. The van der Waals surface area contributed by atoms with Crippen molar-refractivity contribution in [1.82, 2.24) is 39.9 Å². The van der Waals surface area contributed by atoms with Crippen LogP contribution in [0, 0.1) is 0 Å². The third-order valence-corrected chi connectivity index (χ3v) is 20.5. The summed E-state index contributed by atoms with van der Waals surface area (Å²) in [6, 6.07) is 90.5. The van der Waals surface area contributed by atoms with E-state index in [0.29, 0.717) is 44.9 Å². The van der Waals surface area contributed by atoms with Crippen molar-refractivity contribution in [3.8, 4) is 89.0 Å². The number of rotatable bonds is 10. The van der Waals surface area contributed by atoms with Gasteiger partial charge in [0.15, 0.2) is 0 Å². The molecule has 14 aromatic rings. The number of aromatic nitrogens is 8. The maximum Gasteiger partial charge on any atom is 2.00 e. The maximum absolute atomic E-state index is 13.3. The molecular weight excluding hydrogens is 1390 g/mol. The summed E-state index contributed by atoms with van der Waals surface area (Å²) in [4.78, 5) is 33.5. The fourth-order valence-electron chi connectivity index (χ4n) is 14.2. The second-order valence-electron chi connectivity index (χ2n) is 25.1. The molecule has 18 rings (SSSR count). The molecule has 0 fully saturated rings. The summed E-state index contributed by atoms with van der Waals surface area (Å²) in [5, 5.41) is 0. The van der Waals surface area contributed by atoms with E-state index in [1.54, 1.807) is 36.4 Å². The third kappa shape index (κ3) is 13.0. The predicted octanol–water partition coefficient (Wildman–Crippen LogP) is 20.5. The summed E-state index contributed by atoms with van der Waals surface area (Å²) in [6.45, 7) is 0. The molecule has 4 N–H and O–H groups in total. The van der Waals surface area contributed by atoms with E-state index >= 15 is 0 Å². The summed E-state index contributed by atoms with van der Waals surface area (Å²) < 4.78 is 79.6. The van der Waals surface area contributed by atoms with E-state index in [0.717, 1.165) is 111 Å². The number of H-pyrrole nitrogens is 4. The summed E-state index contributed by atoms with van der Waals surface area (Å²) in [7, 11) is -10.1. The van der Waals surface area contributed by atoms with Gasteiger partial charge in [-0.05, 0) is 130 Å². The summed E-state index contributed by atoms with van der Waals surface area (Å²) in [6.07, 6.45) is 14.7. The van der Waals surface area contributed by atoms with E-state index in [4.69, 9.17) is 19.9 Å². The van der Waals surface area contributed by atoms with Gasteiger partial charge in [0.05, 0.1) is 67.6 Å². The molecule has 10 heterocycles. The van der Waals surface area contributed by atoms with E-state index in [-0.39, 0.29) is 41.9 Å². The molecule has 0 saturated heterocycles. The van der Waals surface area contributed by atoms with Crippen molar-refractivity contribution in [2.45, 2.75) is 9.79 Å². The average Bonchev–Trinajstić information content (AvgIpc) is 1.61. The van der Waals surface area contributed by atoms with Crippen molar-refractivity contribution >= 4 is 113 Å². The van der Waals surface area contributed by atoms with Crippen LogP contribution in [0.1, 0.15) is 45.6 Å². The first-order valence-electron chi connectivity index (χ1n) is 33.6. The Bertz CT molecular complexity index is 6090. The minimum atomic E-state index is -5.04. The van der Waals surface area contributed by atoms with Crippen molar-refractivity contribution in [2.75, 3.05) is 0 Å². The zero-order valence-electron chi connectivity index (χ0n) is 55.9. The summed E-state index contributed by atoms with van der Waals surface area (Å²) >= 11 is 0. The van der Waals surface area contributed by atoms with E-state index in [9.17, 15) is 25.9 Å². The van der Waals surface area contributed by atoms with Gasteiger partial charge in [-0.25, -0.2) is 36.8 Å². The van der Waals surface area contributed by atoms with Crippen molar-refractivity contribution in [3.05, 3.63) is 325 Å². The Balaban J connectivity index is 0.000000160. The zero-order valence-corrected chi connectivity index (χ0v) is 60.5. The van der Waals surface area contributed by atoms with Gasteiger partial charge in [-0.1, -0.05) is 243 Å². The Kier molecular flexibility index (Phi) is 17.8. The predicted molar refractivity (Wildman–Crippen MR) is 417 cm³/mol. The normalized spacial score (nSPS) is 12.2. The van der Waals surface area contributed by atoms with Crippen molar-refractivity contribution < 1.29 is 45.4 Å². The Hall–Kier alpha value is -12.6. The van der Waals surface area contributed by atoms with Gasteiger partial charge in [-0.3, -0.25) is 0 Å². The number of aromatic amines is 4. The van der Waals surface area contributed by atoms with E-state index < -0.39 is 30.0 Å². The minimum Gasteiger partial charge on any atom is -0.744 e. The van der Waals surface area contributed by atoms with Crippen molar-refractivity contribution in [2.24, 2.45) is 0 Å². The molecule has 8 aromatic carbocycles. The first kappa shape index (κ1) is 66.9. The molecule has 0 unspecified atom stereocenters. The third-order valence-electron chi connectivity index (χ3n) is 18.7. The van der Waals surface area contributed by atoms with Crippen LogP contribution < -0.4 is 0 Å². The van der Waals surface area contributed by atoms with Gasteiger partial charge in [0.25, 0.3) is 0 Å². The fraction of sp³-hybridized carbons (Fsp3) is 0.